The number of esters is 1. The summed E-state index contributed by atoms with van der Waals surface area (Å²) >= 11 is 0. The van der Waals surface area contributed by atoms with Gasteiger partial charge in [-0.05, 0) is 38.4 Å². The van der Waals surface area contributed by atoms with Crippen LogP contribution in [-0.4, -0.2) is 43.0 Å². The number of para-hydroxylation sites is 1. The Morgan fingerprint density at radius 1 is 1.41 bits per heavy atom. The number of piperidine rings is 1. The molecule has 1 saturated heterocycles. The van der Waals surface area contributed by atoms with Crippen molar-refractivity contribution in [2.75, 3.05) is 31.6 Å². The van der Waals surface area contributed by atoms with Crippen LogP contribution in [0.3, 0.4) is 0 Å². The predicted molar refractivity (Wildman–Crippen MR) is 80.8 cm³/mol. The first-order chi connectivity index (χ1) is 10.6. The molecule has 1 aliphatic rings. The minimum Gasteiger partial charge on any atom is -0.466 e. The highest BCUT2D eigenvalue weighted by Gasteiger charge is 2.27. The van der Waals surface area contributed by atoms with Gasteiger partial charge in [-0.3, -0.25) is 14.5 Å². The van der Waals surface area contributed by atoms with Gasteiger partial charge in [0, 0.05) is 6.54 Å². The molecule has 1 aliphatic heterocycles. The van der Waals surface area contributed by atoms with Crippen LogP contribution in [0.25, 0.3) is 0 Å². The van der Waals surface area contributed by atoms with Crippen LogP contribution < -0.4 is 5.32 Å². The number of carbonyl (C=O) groups excluding carboxylic acids is 2. The van der Waals surface area contributed by atoms with E-state index in [1.54, 1.807) is 19.1 Å². The van der Waals surface area contributed by atoms with Crippen molar-refractivity contribution in [3.05, 3.63) is 30.1 Å². The van der Waals surface area contributed by atoms with Gasteiger partial charge in [0.1, 0.15) is 5.82 Å². The quantitative estimate of drug-likeness (QED) is 0.846. The van der Waals surface area contributed by atoms with Gasteiger partial charge in [0.2, 0.25) is 5.91 Å². The molecular formula is C16H21FN2O3. The minimum atomic E-state index is -0.459. The fraction of sp³-hybridized carbons (Fsp3) is 0.500. The van der Waals surface area contributed by atoms with Crippen LogP contribution in [0.2, 0.25) is 0 Å². The third-order valence-corrected chi connectivity index (χ3v) is 3.64. The first-order valence-corrected chi connectivity index (χ1v) is 7.53. The van der Waals surface area contributed by atoms with Gasteiger partial charge in [-0.25, -0.2) is 4.39 Å². The molecule has 1 aromatic rings. The summed E-state index contributed by atoms with van der Waals surface area (Å²) in [6, 6.07) is 6.05. The van der Waals surface area contributed by atoms with Gasteiger partial charge < -0.3 is 10.1 Å². The first-order valence-electron chi connectivity index (χ1n) is 7.53. The lowest BCUT2D eigenvalue weighted by molar-refractivity contribution is -0.150. The fourth-order valence-corrected chi connectivity index (χ4v) is 2.61. The monoisotopic (exact) mass is 308 g/mol. The van der Waals surface area contributed by atoms with Crippen LogP contribution in [0.4, 0.5) is 10.1 Å². The number of rotatable bonds is 5. The van der Waals surface area contributed by atoms with E-state index in [-0.39, 0.29) is 30.0 Å². The van der Waals surface area contributed by atoms with Crippen molar-refractivity contribution < 1.29 is 18.7 Å². The second-order valence-electron chi connectivity index (χ2n) is 5.35. The third kappa shape index (κ3) is 4.53. The number of carbonyl (C=O) groups is 2. The molecule has 2 rings (SSSR count). The molecule has 1 fully saturated rings. The summed E-state index contributed by atoms with van der Waals surface area (Å²) in [6.45, 7) is 3.54. The maximum absolute atomic E-state index is 13.5. The zero-order valence-corrected chi connectivity index (χ0v) is 12.7. The third-order valence-electron chi connectivity index (χ3n) is 3.64. The lowest BCUT2D eigenvalue weighted by atomic mass is 9.98. The molecule has 1 aromatic carbocycles. The van der Waals surface area contributed by atoms with E-state index < -0.39 is 5.82 Å². The molecule has 0 spiro atoms. The van der Waals surface area contributed by atoms with Crippen molar-refractivity contribution in [2.24, 2.45) is 5.92 Å². The molecule has 0 aliphatic carbocycles. The number of nitrogens with zero attached hydrogens (tertiary/aromatic N) is 1. The second kappa shape index (κ2) is 7.89. The van der Waals surface area contributed by atoms with E-state index in [4.69, 9.17) is 4.74 Å². The van der Waals surface area contributed by atoms with Gasteiger partial charge in [0.05, 0.1) is 24.8 Å². The molecule has 0 bridgehead atoms. The average molecular weight is 308 g/mol. The molecule has 1 amide bonds. The van der Waals surface area contributed by atoms with Gasteiger partial charge in [-0.2, -0.15) is 0 Å². The van der Waals surface area contributed by atoms with Crippen LogP contribution in [-0.2, 0) is 14.3 Å². The van der Waals surface area contributed by atoms with Crippen molar-refractivity contribution in [2.45, 2.75) is 19.8 Å². The molecule has 120 valence electrons. The zero-order chi connectivity index (χ0) is 15.9. The molecule has 1 heterocycles. The smallest absolute Gasteiger partial charge is 0.310 e. The largest absolute Gasteiger partial charge is 0.466 e. The highest BCUT2D eigenvalue weighted by Crippen LogP contribution is 2.18. The molecule has 0 radical (unpaired) electrons. The number of benzene rings is 1. The second-order valence-corrected chi connectivity index (χ2v) is 5.35. The van der Waals surface area contributed by atoms with Gasteiger partial charge in [0.15, 0.2) is 0 Å². The Balaban J connectivity index is 1.86. The lowest BCUT2D eigenvalue weighted by Crippen LogP contribution is -2.43. The first kappa shape index (κ1) is 16.4. The molecule has 1 N–H and O–H groups in total. The number of hydrogen-bond acceptors (Lipinski definition) is 4. The van der Waals surface area contributed by atoms with Crippen molar-refractivity contribution in [3.63, 3.8) is 0 Å². The Labute approximate surface area is 129 Å². The summed E-state index contributed by atoms with van der Waals surface area (Å²) < 4.78 is 18.5. The zero-order valence-electron chi connectivity index (χ0n) is 12.7. The van der Waals surface area contributed by atoms with E-state index in [1.807, 2.05) is 4.90 Å². The topological polar surface area (TPSA) is 58.6 Å². The average Bonchev–Trinajstić information content (AvgIpc) is 2.50. The van der Waals surface area contributed by atoms with Crippen molar-refractivity contribution in [3.8, 4) is 0 Å². The molecule has 0 unspecified atom stereocenters. The molecule has 0 aromatic heterocycles. The Morgan fingerprint density at radius 3 is 2.91 bits per heavy atom. The number of ether oxygens (including phenoxy) is 1. The van der Waals surface area contributed by atoms with Crippen molar-refractivity contribution in [1.82, 2.24) is 4.90 Å². The van der Waals surface area contributed by atoms with E-state index in [2.05, 4.69) is 5.32 Å². The number of amides is 1. The van der Waals surface area contributed by atoms with Crippen LogP contribution in [0, 0.1) is 11.7 Å². The van der Waals surface area contributed by atoms with Crippen LogP contribution in [0.15, 0.2) is 24.3 Å². The van der Waals surface area contributed by atoms with E-state index in [1.165, 1.54) is 12.1 Å². The van der Waals surface area contributed by atoms with Gasteiger partial charge in [0.25, 0.3) is 0 Å². The number of nitrogens with one attached hydrogen (secondary N) is 1. The Bertz CT molecular complexity index is 536. The highest BCUT2D eigenvalue weighted by molar-refractivity contribution is 5.92. The van der Waals surface area contributed by atoms with E-state index in [0.29, 0.717) is 13.2 Å². The van der Waals surface area contributed by atoms with Crippen LogP contribution >= 0.6 is 0 Å². The summed E-state index contributed by atoms with van der Waals surface area (Å²) in [5, 5.41) is 2.55. The van der Waals surface area contributed by atoms with E-state index in [9.17, 15) is 14.0 Å². The molecule has 6 heteroatoms. The molecular weight excluding hydrogens is 287 g/mol. The standard InChI is InChI=1S/C16H21FN2O3/c1-2-22-16(21)12-6-5-9-19(10-12)11-15(20)18-14-8-4-3-7-13(14)17/h3-4,7-8,12H,2,5-6,9-11H2,1H3,(H,18,20)/t12-/m0/s1. The number of likely N-dealkylation sites (tertiary alicyclic amines) is 1. The Morgan fingerprint density at radius 2 is 2.18 bits per heavy atom. The fourth-order valence-electron chi connectivity index (χ4n) is 2.61. The summed E-state index contributed by atoms with van der Waals surface area (Å²) in [4.78, 5) is 25.7. The summed E-state index contributed by atoms with van der Waals surface area (Å²) in [5.74, 6) is -1.13. The summed E-state index contributed by atoms with van der Waals surface area (Å²) in [7, 11) is 0. The van der Waals surface area contributed by atoms with Crippen molar-refractivity contribution >= 4 is 17.6 Å². The van der Waals surface area contributed by atoms with Gasteiger partial charge in [-0.15, -0.1) is 0 Å². The van der Waals surface area contributed by atoms with Crippen LogP contribution in [0.5, 0.6) is 0 Å². The lowest BCUT2D eigenvalue weighted by Gasteiger charge is -2.30. The van der Waals surface area contributed by atoms with E-state index in [0.717, 1.165) is 19.4 Å². The SMILES string of the molecule is CCOC(=O)[C@H]1CCCN(CC(=O)Nc2ccccc2F)C1. The number of anilines is 1. The maximum atomic E-state index is 13.5. The molecule has 1 atom stereocenters. The van der Waals surface area contributed by atoms with E-state index >= 15 is 0 Å². The van der Waals surface area contributed by atoms with Crippen LogP contribution in [0.1, 0.15) is 19.8 Å². The Hall–Kier alpha value is -1.95. The molecule has 22 heavy (non-hydrogen) atoms. The normalized spacial score (nSPS) is 18.7. The number of halogens is 1. The highest BCUT2D eigenvalue weighted by atomic mass is 19.1. The maximum Gasteiger partial charge on any atom is 0.310 e. The van der Waals surface area contributed by atoms with Gasteiger partial charge >= 0.3 is 5.97 Å². The summed E-state index contributed by atoms with van der Waals surface area (Å²) in [5.41, 5.74) is 0.173. The molecule has 0 saturated carbocycles. The molecule has 5 nitrogen and oxygen atoms in total. The van der Waals surface area contributed by atoms with Gasteiger partial charge in [-0.1, -0.05) is 12.1 Å². The Kier molecular flexibility index (Phi) is 5.89. The minimum absolute atomic E-state index is 0.143. The van der Waals surface area contributed by atoms with Crippen molar-refractivity contribution in [1.29, 1.82) is 0 Å². The number of hydrogen-bond donors (Lipinski definition) is 1. The summed E-state index contributed by atoms with van der Waals surface area (Å²) in [6.07, 6.45) is 1.63. The predicted octanol–water partition coefficient (Wildman–Crippen LogP) is 2.04.